The summed E-state index contributed by atoms with van der Waals surface area (Å²) in [6.45, 7) is 0. The highest BCUT2D eigenvalue weighted by Gasteiger charge is 2.10. The van der Waals surface area contributed by atoms with Crippen molar-refractivity contribution < 1.29 is 4.92 Å². The zero-order valence-electron chi connectivity index (χ0n) is 10.8. The van der Waals surface area contributed by atoms with Gasteiger partial charge in [-0.3, -0.25) is 10.1 Å². The molecule has 0 saturated carbocycles. The van der Waals surface area contributed by atoms with Gasteiger partial charge in [-0.05, 0) is 42.5 Å². The van der Waals surface area contributed by atoms with Crippen molar-refractivity contribution in [3.8, 4) is 16.9 Å². The average Bonchev–Trinajstić information content (AvgIpc) is 2.97. The molecule has 0 bridgehead atoms. The molecule has 0 spiro atoms. The van der Waals surface area contributed by atoms with Gasteiger partial charge in [0.05, 0.1) is 22.5 Å². The van der Waals surface area contributed by atoms with Crippen LogP contribution in [0.2, 0.25) is 5.02 Å². The molecule has 0 atom stereocenters. The van der Waals surface area contributed by atoms with Crippen molar-refractivity contribution >= 4 is 17.3 Å². The molecule has 0 aliphatic rings. The van der Waals surface area contributed by atoms with Crippen LogP contribution in [0, 0.1) is 10.1 Å². The van der Waals surface area contributed by atoms with Gasteiger partial charge in [0.25, 0.3) is 5.69 Å². The van der Waals surface area contributed by atoms with Crippen LogP contribution in [0.15, 0.2) is 60.8 Å². The summed E-state index contributed by atoms with van der Waals surface area (Å²) in [5, 5.41) is 15.6. The highest BCUT2D eigenvalue weighted by Crippen LogP contribution is 2.25. The van der Waals surface area contributed by atoms with E-state index in [1.54, 1.807) is 35.1 Å². The summed E-state index contributed by atoms with van der Waals surface area (Å²) in [6.07, 6.45) is 1.69. The smallest absolute Gasteiger partial charge is 0.258 e. The lowest BCUT2D eigenvalue weighted by Crippen LogP contribution is -1.98. The fraction of sp³-hybridized carbons (Fsp3) is 0. The van der Waals surface area contributed by atoms with E-state index in [0.29, 0.717) is 5.02 Å². The molecule has 0 N–H and O–H groups in total. The second-order valence-corrected chi connectivity index (χ2v) is 4.85. The van der Waals surface area contributed by atoms with E-state index in [1.165, 1.54) is 12.1 Å². The van der Waals surface area contributed by atoms with E-state index in [-0.39, 0.29) is 5.69 Å². The number of rotatable bonds is 3. The van der Waals surface area contributed by atoms with E-state index >= 15 is 0 Å². The van der Waals surface area contributed by atoms with Crippen molar-refractivity contribution in [2.24, 2.45) is 0 Å². The zero-order valence-corrected chi connectivity index (χ0v) is 11.6. The fourth-order valence-corrected chi connectivity index (χ4v) is 2.19. The molecule has 0 aliphatic heterocycles. The molecule has 2 aromatic carbocycles. The van der Waals surface area contributed by atoms with Crippen LogP contribution < -0.4 is 0 Å². The van der Waals surface area contributed by atoms with E-state index in [0.717, 1.165) is 16.9 Å². The van der Waals surface area contributed by atoms with Crippen LogP contribution in [0.3, 0.4) is 0 Å². The topological polar surface area (TPSA) is 61.0 Å². The molecular weight excluding hydrogens is 290 g/mol. The zero-order chi connectivity index (χ0) is 14.8. The molecule has 0 amide bonds. The Hall–Kier alpha value is -2.66. The van der Waals surface area contributed by atoms with Gasteiger partial charge < -0.3 is 0 Å². The fourth-order valence-electron chi connectivity index (χ4n) is 2.06. The van der Waals surface area contributed by atoms with Crippen molar-refractivity contribution in [1.29, 1.82) is 0 Å². The minimum Gasteiger partial charge on any atom is -0.258 e. The molecule has 0 unspecified atom stereocenters. The number of aromatic nitrogens is 2. The summed E-state index contributed by atoms with van der Waals surface area (Å²) < 4.78 is 1.76. The van der Waals surface area contributed by atoms with Gasteiger partial charge in [-0.15, -0.1) is 0 Å². The van der Waals surface area contributed by atoms with Gasteiger partial charge in [-0.1, -0.05) is 11.6 Å². The maximum atomic E-state index is 10.7. The monoisotopic (exact) mass is 299 g/mol. The Kier molecular flexibility index (Phi) is 3.41. The first kappa shape index (κ1) is 13.3. The molecule has 1 aromatic heterocycles. The van der Waals surface area contributed by atoms with Crippen LogP contribution in [-0.2, 0) is 0 Å². The molecule has 5 nitrogen and oxygen atoms in total. The van der Waals surface area contributed by atoms with E-state index < -0.39 is 4.92 Å². The maximum Gasteiger partial charge on any atom is 0.269 e. The van der Waals surface area contributed by atoms with Crippen molar-refractivity contribution in [2.75, 3.05) is 0 Å². The number of hydrogen-bond acceptors (Lipinski definition) is 3. The van der Waals surface area contributed by atoms with Crippen molar-refractivity contribution in [3.05, 3.63) is 75.9 Å². The molecular formula is C15H10ClN3O2. The average molecular weight is 300 g/mol. The molecule has 0 saturated heterocycles. The summed E-state index contributed by atoms with van der Waals surface area (Å²) in [4.78, 5) is 10.3. The van der Waals surface area contributed by atoms with Crippen molar-refractivity contribution in [3.63, 3.8) is 0 Å². The molecule has 3 rings (SSSR count). The molecule has 0 aliphatic carbocycles. The van der Waals surface area contributed by atoms with Crippen LogP contribution in [0.5, 0.6) is 0 Å². The number of nitro groups is 1. The van der Waals surface area contributed by atoms with Crippen LogP contribution in [-0.4, -0.2) is 14.7 Å². The van der Waals surface area contributed by atoms with Crippen LogP contribution >= 0.6 is 11.6 Å². The van der Waals surface area contributed by atoms with Gasteiger partial charge in [0.15, 0.2) is 0 Å². The largest absolute Gasteiger partial charge is 0.269 e. The molecule has 1 heterocycles. The third kappa shape index (κ3) is 2.64. The van der Waals surface area contributed by atoms with E-state index in [1.807, 2.05) is 18.2 Å². The number of nitro benzene ring substituents is 1. The summed E-state index contributed by atoms with van der Waals surface area (Å²) in [7, 11) is 0. The molecule has 104 valence electrons. The number of halogens is 1. The first-order valence-corrected chi connectivity index (χ1v) is 6.58. The lowest BCUT2D eigenvalue weighted by atomic mass is 10.1. The van der Waals surface area contributed by atoms with Crippen LogP contribution in [0.1, 0.15) is 0 Å². The molecule has 0 radical (unpaired) electrons. The molecule has 0 fully saturated rings. The summed E-state index contributed by atoms with van der Waals surface area (Å²) in [5.74, 6) is 0. The highest BCUT2D eigenvalue weighted by molar-refractivity contribution is 6.30. The maximum absolute atomic E-state index is 10.7. The van der Waals surface area contributed by atoms with Gasteiger partial charge in [-0.25, -0.2) is 4.68 Å². The SMILES string of the molecule is O=[N+]([O-])c1ccc(-c2ccnn2-c2ccc(Cl)cc2)cc1. The lowest BCUT2D eigenvalue weighted by Gasteiger charge is -2.07. The predicted octanol–water partition coefficient (Wildman–Crippen LogP) is 4.10. The van der Waals surface area contributed by atoms with E-state index in [9.17, 15) is 10.1 Å². The Morgan fingerprint density at radius 3 is 2.29 bits per heavy atom. The minimum atomic E-state index is -0.416. The van der Waals surface area contributed by atoms with Crippen LogP contribution in [0.25, 0.3) is 16.9 Å². The summed E-state index contributed by atoms with van der Waals surface area (Å²) in [5.41, 5.74) is 2.65. The summed E-state index contributed by atoms with van der Waals surface area (Å²) in [6, 6.07) is 15.5. The third-order valence-electron chi connectivity index (χ3n) is 3.09. The second-order valence-electron chi connectivity index (χ2n) is 4.41. The van der Waals surface area contributed by atoms with E-state index in [4.69, 9.17) is 11.6 Å². The van der Waals surface area contributed by atoms with Gasteiger partial charge in [0.1, 0.15) is 0 Å². The quantitative estimate of drug-likeness (QED) is 0.540. The number of nitrogens with zero attached hydrogens (tertiary/aromatic N) is 3. The van der Waals surface area contributed by atoms with Gasteiger partial charge in [-0.2, -0.15) is 5.10 Å². The lowest BCUT2D eigenvalue weighted by molar-refractivity contribution is -0.384. The minimum absolute atomic E-state index is 0.0660. The third-order valence-corrected chi connectivity index (χ3v) is 3.34. The predicted molar refractivity (Wildman–Crippen MR) is 80.7 cm³/mol. The Balaban J connectivity index is 2.02. The number of benzene rings is 2. The Morgan fingerprint density at radius 1 is 1.00 bits per heavy atom. The standard InChI is InChI=1S/C15H10ClN3O2/c16-12-3-7-13(8-4-12)18-15(9-10-17-18)11-1-5-14(6-2-11)19(20)21/h1-10H. The summed E-state index contributed by atoms with van der Waals surface area (Å²) >= 11 is 5.88. The van der Waals surface area contributed by atoms with Gasteiger partial charge in [0, 0.05) is 22.7 Å². The van der Waals surface area contributed by atoms with Crippen LogP contribution in [0.4, 0.5) is 5.69 Å². The van der Waals surface area contributed by atoms with Crippen molar-refractivity contribution in [2.45, 2.75) is 0 Å². The van der Waals surface area contributed by atoms with Gasteiger partial charge in [0.2, 0.25) is 0 Å². The Labute approximate surface area is 125 Å². The Bertz CT molecular complexity index is 779. The van der Waals surface area contributed by atoms with E-state index in [2.05, 4.69) is 5.10 Å². The first-order valence-electron chi connectivity index (χ1n) is 6.20. The number of hydrogen-bond donors (Lipinski definition) is 0. The highest BCUT2D eigenvalue weighted by atomic mass is 35.5. The molecule has 6 heteroatoms. The second kappa shape index (κ2) is 5.38. The number of non-ortho nitro benzene ring substituents is 1. The molecule has 3 aromatic rings. The normalized spacial score (nSPS) is 10.5. The Morgan fingerprint density at radius 2 is 1.67 bits per heavy atom. The van der Waals surface area contributed by atoms with Gasteiger partial charge >= 0.3 is 0 Å². The first-order chi connectivity index (χ1) is 10.1. The molecule has 21 heavy (non-hydrogen) atoms. The van der Waals surface area contributed by atoms with Crippen molar-refractivity contribution in [1.82, 2.24) is 9.78 Å².